The molecule has 0 aliphatic heterocycles. The number of rotatable bonds is 10. The van der Waals surface area contributed by atoms with Crippen molar-refractivity contribution in [3.8, 4) is 0 Å². The molecule has 142 valence electrons. The van der Waals surface area contributed by atoms with Crippen molar-refractivity contribution in [3.05, 3.63) is 48.5 Å². The Morgan fingerprint density at radius 1 is 0.962 bits per heavy atom. The predicted molar refractivity (Wildman–Crippen MR) is 104 cm³/mol. The molecule has 0 unspecified atom stereocenters. The van der Waals surface area contributed by atoms with E-state index in [0.29, 0.717) is 31.1 Å². The number of nitrogens with zero attached hydrogens (tertiary/aromatic N) is 1. The molecule has 26 heavy (non-hydrogen) atoms. The molecule has 9 heteroatoms. The van der Waals surface area contributed by atoms with Crippen LogP contribution in [0.2, 0.25) is 0 Å². The summed E-state index contributed by atoms with van der Waals surface area (Å²) in [6.07, 6.45) is 0. The van der Waals surface area contributed by atoms with Crippen LogP contribution in [-0.4, -0.2) is 45.8 Å². The van der Waals surface area contributed by atoms with Gasteiger partial charge in [0.25, 0.3) is 0 Å². The summed E-state index contributed by atoms with van der Waals surface area (Å²) >= 11 is 1.09. The largest absolute Gasteiger partial charge is 0.399 e. The Balaban J connectivity index is 1.64. The van der Waals surface area contributed by atoms with E-state index >= 15 is 0 Å². The van der Waals surface area contributed by atoms with Gasteiger partial charge in [0.1, 0.15) is 0 Å². The molecule has 0 saturated heterocycles. The Labute approximate surface area is 158 Å². The quantitative estimate of drug-likeness (QED) is 0.207. The van der Waals surface area contributed by atoms with E-state index in [-0.39, 0.29) is 10.6 Å². The van der Waals surface area contributed by atoms with Crippen LogP contribution in [0.4, 0.5) is 11.4 Å². The fraction of sp³-hybridized carbons (Fsp3) is 0.294. The van der Waals surface area contributed by atoms with E-state index in [9.17, 15) is 8.42 Å². The van der Waals surface area contributed by atoms with Gasteiger partial charge < -0.3 is 16.4 Å². The normalized spacial score (nSPS) is 11.8. The Morgan fingerprint density at radius 3 is 2.15 bits per heavy atom. The van der Waals surface area contributed by atoms with Crippen molar-refractivity contribution in [1.82, 2.24) is 4.90 Å². The van der Waals surface area contributed by atoms with Crippen LogP contribution in [0.1, 0.15) is 0 Å². The molecule has 0 aliphatic carbocycles. The van der Waals surface area contributed by atoms with E-state index in [1.807, 2.05) is 24.1 Å². The SMILES string of the molecule is CN(CCOOSc1ccc(N)cc1)CCS(=O)(=O)c1ccc(N)cc1. The third kappa shape index (κ3) is 6.85. The van der Waals surface area contributed by atoms with Crippen molar-refractivity contribution < 1.29 is 17.6 Å². The highest BCUT2D eigenvalue weighted by molar-refractivity contribution is 7.94. The minimum Gasteiger partial charge on any atom is -0.399 e. The van der Waals surface area contributed by atoms with E-state index in [0.717, 1.165) is 16.9 Å². The molecule has 0 atom stereocenters. The molecule has 0 radical (unpaired) electrons. The van der Waals surface area contributed by atoms with Gasteiger partial charge >= 0.3 is 0 Å². The molecular weight excluding hydrogens is 374 g/mol. The number of hydrogen-bond acceptors (Lipinski definition) is 8. The number of hydrogen-bond donors (Lipinski definition) is 2. The zero-order chi connectivity index (χ0) is 19.0. The van der Waals surface area contributed by atoms with Gasteiger partial charge in [0.2, 0.25) is 0 Å². The standard InChI is InChI=1S/C17H23N3O4S2/c1-20(10-12-23-24-25-16-6-2-14(18)3-7-16)11-13-26(21,22)17-8-4-15(19)5-9-17/h2-9H,10-13,18-19H2,1H3. The van der Waals surface area contributed by atoms with Crippen molar-refractivity contribution in [2.45, 2.75) is 9.79 Å². The first-order chi connectivity index (χ1) is 12.4. The third-order valence-corrected chi connectivity index (χ3v) is 5.94. The maximum absolute atomic E-state index is 12.3. The van der Waals surface area contributed by atoms with Gasteiger partial charge in [0, 0.05) is 29.4 Å². The van der Waals surface area contributed by atoms with Crippen LogP contribution in [0.5, 0.6) is 0 Å². The van der Waals surface area contributed by atoms with E-state index in [4.69, 9.17) is 20.7 Å². The van der Waals surface area contributed by atoms with Gasteiger partial charge in [-0.3, -0.25) is 0 Å². The molecule has 0 spiro atoms. The molecule has 4 N–H and O–H groups in total. The summed E-state index contributed by atoms with van der Waals surface area (Å²) in [4.78, 5) is 8.12. The van der Waals surface area contributed by atoms with Gasteiger partial charge in [0.15, 0.2) is 9.84 Å². The Hall–Kier alpha value is -1.78. The second-order valence-corrected chi connectivity index (χ2v) is 8.62. The van der Waals surface area contributed by atoms with Crippen molar-refractivity contribution in [3.63, 3.8) is 0 Å². The summed E-state index contributed by atoms with van der Waals surface area (Å²) in [5.41, 5.74) is 12.4. The number of nitrogen functional groups attached to an aromatic ring is 2. The molecular formula is C17H23N3O4S2. The average Bonchev–Trinajstić information content (AvgIpc) is 2.62. The minimum absolute atomic E-state index is 0.0223. The topological polar surface area (TPSA) is 108 Å². The lowest BCUT2D eigenvalue weighted by Crippen LogP contribution is -2.28. The first-order valence-corrected chi connectivity index (χ1v) is 10.3. The summed E-state index contributed by atoms with van der Waals surface area (Å²) in [6.45, 7) is 1.25. The molecule has 2 rings (SSSR count). The first kappa shape index (κ1) is 20.5. The molecule has 7 nitrogen and oxygen atoms in total. The maximum atomic E-state index is 12.3. The van der Waals surface area contributed by atoms with Crippen LogP contribution in [0.25, 0.3) is 0 Å². The highest BCUT2D eigenvalue weighted by Crippen LogP contribution is 2.20. The molecule has 0 fully saturated rings. The van der Waals surface area contributed by atoms with Gasteiger partial charge in [-0.1, -0.05) is 0 Å². The van der Waals surface area contributed by atoms with Gasteiger partial charge in [-0.15, -0.1) is 0 Å². The maximum Gasteiger partial charge on any atom is 0.179 e. The second-order valence-electron chi connectivity index (χ2n) is 5.73. The first-order valence-electron chi connectivity index (χ1n) is 7.95. The summed E-state index contributed by atoms with van der Waals surface area (Å²) in [6, 6.07) is 13.4. The van der Waals surface area contributed by atoms with E-state index in [2.05, 4.69) is 0 Å². The van der Waals surface area contributed by atoms with Crippen LogP contribution in [0.15, 0.2) is 58.3 Å². The number of nitrogens with two attached hydrogens (primary N) is 2. The fourth-order valence-electron chi connectivity index (χ4n) is 1.99. The van der Waals surface area contributed by atoms with Gasteiger partial charge in [-0.2, -0.15) is 4.33 Å². The molecule has 0 bridgehead atoms. The number of benzene rings is 2. The molecule has 0 saturated carbocycles. The summed E-state index contributed by atoms with van der Waals surface area (Å²) in [5.74, 6) is 0.0223. The fourth-order valence-corrected chi connectivity index (χ4v) is 3.78. The Kier molecular flexibility index (Phi) is 7.73. The molecule has 0 aliphatic rings. The second kappa shape index (κ2) is 9.79. The van der Waals surface area contributed by atoms with Gasteiger partial charge in [0.05, 0.1) is 29.3 Å². The van der Waals surface area contributed by atoms with Gasteiger partial charge in [-0.05, 0) is 55.6 Å². The van der Waals surface area contributed by atoms with Gasteiger partial charge in [-0.25, -0.2) is 13.3 Å². The van der Waals surface area contributed by atoms with E-state index in [1.165, 1.54) is 12.1 Å². The summed E-state index contributed by atoms with van der Waals surface area (Å²) in [7, 11) is -1.50. The number of likely N-dealkylation sites (N-methyl/N-ethyl adjacent to an activating group) is 1. The van der Waals surface area contributed by atoms with Crippen LogP contribution in [0.3, 0.4) is 0 Å². The molecule has 0 aromatic heterocycles. The molecule has 2 aromatic carbocycles. The summed E-state index contributed by atoms with van der Waals surface area (Å²) < 4.78 is 29.6. The summed E-state index contributed by atoms with van der Waals surface area (Å²) in [5, 5.41) is 0. The lowest BCUT2D eigenvalue weighted by atomic mass is 10.3. The lowest BCUT2D eigenvalue weighted by Gasteiger charge is -2.16. The number of sulfone groups is 1. The number of anilines is 2. The van der Waals surface area contributed by atoms with Crippen LogP contribution >= 0.6 is 12.0 Å². The Morgan fingerprint density at radius 2 is 1.54 bits per heavy atom. The zero-order valence-electron chi connectivity index (χ0n) is 14.5. The average molecular weight is 398 g/mol. The highest BCUT2D eigenvalue weighted by atomic mass is 32.2. The Bertz CT molecular complexity index is 781. The van der Waals surface area contributed by atoms with Crippen molar-refractivity contribution in [1.29, 1.82) is 0 Å². The minimum atomic E-state index is -3.33. The van der Waals surface area contributed by atoms with Crippen LogP contribution in [-0.2, 0) is 19.1 Å². The third-order valence-electron chi connectivity index (χ3n) is 3.60. The smallest absolute Gasteiger partial charge is 0.179 e. The predicted octanol–water partition coefficient (Wildman–Crippen LogP) is 2.21. The lowest BCUT2D eigenvalue weighted by molar-refractivity contribution is -0.192. The zero-order valence-corrected chi connectivity index (χ0v) is 16.1. The van der Waals surface area contributed by atoms with Crippen LogP contribution < -0.4 is 11.5 Å². The van der Waals surface area contributed by atoms with Crippen molar-refractivity contribution in [2.75, 3.05) is 44.0 Å². The highest BCUT2D eigenvalue weighted by Gasteiger charge is 2.15. The van der Waals surface area contributed by atoms with E-state index in [1.54, 1.807) is 24.3 Å². The molecule has 0 heterocycles. The molecule has 2 aromatic rings. The van der Waals surface area contributed by atoms with E-state index < -0.39 is 9.84 Å². The van der Waals surface area contributed by atoms with Crippen molar-refractivity contribution >= 4 is 33.3 Å². The van der Waals surface area contributed by atoms with Crippen LogP contribution in [0, 0.1) is 0 Å². The monoisotopic (exact) mass is 397 g/mol. The molecule has 0 amide bonds. The van der Waals surface area contributed by atoms with Crippen molar-refractivity contribution in [2.24, 2.45) is 0 Å².